The van der Waals surface area contributed by atoms with Crippen molar-refractivity contribution in [3.63, 3.8) is 0 Å². The van der Waals surface area contributed by atoms with Gasteiger partial charge in [0.25, 0.3) is 5.91 Å². The second kappa shape index (κ2) is 5.19. The van der Waals surface area contributed by atoms with Crippen LogP contribution in [0.15, 0.2) is 6.07 Å². The van der Waals surface area contributed by atoms with Crippen LogP contribution < -0.4 is 0 Å². The quantitative estimate of drug-likeness (QED) is 0.777. The highest BCUT2D eigenvalue weighted by molar-refractivity contribution is 6.01. The highest BCUT2D eigenvalue weighted by Gasteiger charge is 2.39. The summed E-state index contributed by atoms with van der Waals surface area (Å²) in [4.78, 5) is 32.7. The predicted molar refractivity (Wildman–Crippen MR) is 84.9 cm³/mol. The van der Waals surface area contributed by atoms with Crippen LogP contribution in [-0.4, -0.2) is 68.7 Å². The normalized spacial score (nSPS) is 20.5. The minimum Gasteiger partial charge on any atom is -0.447 e. The van der Waals surface area contributed by atoms with Gasteiger partial charge in [-0.15, -0.1) is 0 Å². The number of aromatic nitrogens is 3. The first-order valence-corrected chi connectivity index (χ1v) is 8.02. The summed E-state index contributed by atoms with van der Waals surface area (Å²) >= 11 is 0. The molecule has 24 heavy (non-hydrogen) atoms. The van der Waals surface area contributed by atoms with Crippen molar-refractivity contribution in [1.82, 2.24) is 24.4 Å². The molecule has 0 N–H and O–H groups in total. The maximum atomic E-state index is 13.1. The van der Waals surface area contributed by atoms with E-state index in [0.29, 0.717) is 43.1 Å². The molecule has 4 rings (SSSR count). The molecule has 0 saturated carbocycles. The van der Waals surface area contributed by atoms with Crippen molar-refractivity contribution in [3.8, 4) is 0 Å². The van der Waals surface area contributed by atoms with Crippen LogP contribution >= 0.6 is 0 Å². The number of nitrogens with zero attached hydrogens (tertiary/aromatic N) is 5. The molecule has 0 unspecified atom stereocenters. The molecule has 0 aliphatic carbocycles. The Kier molecular flexibility index (Phi) is 3.22. The van der Waals surface area contributed by atoms with Crippen LogP contribution in [0.4, 0.5) is 4.79 Å². The molecule has 2 aliphatic heterocycles. The van der Waals surface area contributed by atoms with Gasteiger partial charge in [0.05, 0.1) is 11.7 Å². The Hall–Kier alpha value is -2.64. The van der Waals surface area contributed by atoms with E-state index in [0.717, 1.165) is 11.4 Å². The van der Waals surface area contributed by atoms with E-state index in [1.54, 1.807) is 14.3 Å². The van der Waals surface area contributed by atoms with E-state index >= 15 is 0 Å². The number of amides is 2. The molecule has 126 valence electrons. The molecule has 0 bridgehead atoms. The van der Waals surface area contributed by atoms with Crippen LogP contribution in [-0.2, 0) is 4.74 Å². The Bertz CT molecular complexity index is 859. The van der Waals surface area contributed by atoms with Crippen molar-refractivity contribution in [3.05, 3.63) is 28.7 Å². The third-order valence-corrected chi connectivity index (χ3v) is 4.69. The third kappa shape index (κ3) is 2.13. The lowest BCUT2D eigenvalue weighted by Gasteiger charge is -2.35. The molecule has 0 aromatic carbocycles. The summed E-state index contributed by atoms with van der Waals surface area (Å²) in [7, 11) is 0. The smallest absolute Gasteiger partial charge is 0.410 e. The maximum absolute atomic E-state index is 13.1. The highest BCUT2D eigenvalue weighted by Crippen LogP contribution is 2.22. The van der Waals surface area contributed by atoms with Crippen molar-refractivity contribution in [2.24, 2.45) is 0 Å². The Labute approximate surface area is 139 Å². The Morgan fingerprint density at radius 2 is 2.08 bits per heavy atom. The Morgan fingerprint density at radius 1 is 1.29 bits per heavy atom. The molecule has 2 fully saturated rings. The van der Waals surface area contributed by atoms with Crippen LogP contribution in [0.2, 0.25) is 0 Å². The van der Waals surface area contributed by atoms with Gasteiger partial charge >= 0.3 is 6.09 Å². The van der Waals surface area contributed by atoms with E-state index < -0.39 is 0 Å². The molecule has 0 radical (unpaired) electrons. The number of ether oxygens (including phenoxy) is 1. The van der Waals surface area contributed by atoms with Gasteiger partial charge in [-0.05, 0) is 26.8 Å². The van der Waals surface area contributed by atoms with Gasteiger partial charge in [0.15, 0.2) is 5.65 Å². The van der Waals surface area contributed by atoms with Crippen LogP contribution in [0.5, 0.6) is 0 Å². The van der Waals surface area contributed by atoms with Crippen LogP contribution in [0, 0.1) is 20.8 Å². The fraction of sp³-hybridized carbons (Fsp3) is 0.500. The number of rotatable bonds is 1. The summed E-state index contributed by atoms with van der Waals surface area (Å²) < 4.78 is 6.78. The zero-order valence-electron chi connectivity index (χ0n) is 13.9. The monoisotopic (exact) mass is 329 g/mol. The van der Waals surface area contributed by atoms with Crippen molar-refractivity contribution in [1.29, 1.82) is 0 Å². The van der Waals surface area contributed by atoms with E-state index in [1.807, 2.05) is 26.8 Å². The zero-order valence-corrected chi connectivity index (χ0v) is 13.9. The van der Waals surface area contributed by atoms with Crippen LogP contribution in [0.25, 0.3) is 5.65 Å². The predicted octanol–water partition coefficient (Wildman–Crippen LogP) is 0.931. The van der Waals surface area contributed by atoms with E-state index in [9.17, 15) is 9.59 Å². The number of cyclic esters (lactones) is 1. The fourth-order valence-corrected chi connectivity index (χ4v) is 3.51. The van der Waals surface area contributed by atoms with Gasteiger partial charge in [0.1, 0.15) is 12.2 Å². The maximum Gasteiger partial charge on any atom is 0.410 e. The second-order valence-electron chi connectivity index (χ2n) is 6.41. The molecule has 8 heteroatoms. The van der Waals surface area contributed by atoms with Gasteiger partial charge in [0, 0.05) is 31.0 Å². The topological polar surface area (TPSA) is 80.0 Å². The van der Waals surface area contributed by atoms with Gasteiger partial charge in [-0.25, -0.2) is 14.3 Å². The molecule has 8 nitrogen and oxygen atoms in total. The number of piperazine rings is 1. The first kappa shape index (κ1) is 14.9. The minimum absolute atomic E-state index is 0.0613. The fourth-order valence-electron chi connectivity index (χ4n) is 3.51. The number of carbonyl (C=O) groups is 2. The molecular weight excluding hydrogens is 310 g/mol. The van der Waals surface area contributed by atoms with E-state index in [2.05, 4.69) is 10.1 Å². The molecule has 4 heterocycles. The van der Waals surface area contributed by atoms with Gasteiger partial charge in [-0.2, -0.15) is 5.10 Å². The van der Waals surface area contributed by atoms with Gasteiger partial charge in [-0.1, -0.05) is 0 Å². The largest absolute Gasteiger partial charge is 0.447 e. The van der Waals surface area contributed by atoms with Crippen LogP contribution in [0.1, 0.15) is 27.4 Å². The van der Waals surface area contributed by atoms with Crippen molar-refractivity contribution in [2.75, 3.05) is 26.2 Å². The van der Waals surface area contributed by atoms with Crippen LogP contribution in [0.3, 0.4) is 0 Å². The summed E-state index contributed by atoms with van der Waals surface area (Å²) in [5, 5.41) is 4.47. The molecule has 2 aromatic rings. The molecule has 2 saturated heterocycles. The second-order valence-corrected chi connectivity index (χ2v) is 6.41. The minimum atomic E-state index is -0.285. The highest BCUT2D eigenvalue weighted by atomic mass is 16.6. The lowest BCUT2D eigenvalue weighted by molar-refractivity contribution is 0.0618. The van der Waals surface area contributed by atoms with Gasteiger partial charge < -0.3 is 9.64 Å². The number of fused-ring (bicyclic) bond motifs is 2. The summed E-state index contributed by atoms with van der Waals surface area (Å²) in [6, 6.07) is 1.88. The number of aryl methyl sites for hydroxylation is 3. The summed E-state index contributed by atoms with van der Waals surface area (Å²) in [6.07, 6.45) is -0.285. The zero-order chi connectivity index (χ0) is 17.0. The molecule has 1 atom stereocenters. The number of hydrogen-bond acceptors (Lipinski definition) is 5. The van der Waals surface area contributed by atoms with Gasteiger partial charge in [-0.3, -0.25) is 9.69 Å². The molecule has 2 aromatic heterocycles. The lowest BCUT2D eigenvalue weighted by atomic mass is 10.1. The summed E-state index contributed by atoms with van der Waals surface area (Å²) in [5.74, 6) is -0.0843. The standard InChI is InChI=1S/C16H19N5O3/c1-9-6-10(2)21-14(17-9)13(11(3)18-21)15(22)19-4-5-20-12(7-19)8-24-16(20)23/h6,12H,4-5,7-8H2,1-3H3/t12-/m1/s1. The first-order valence-electron chi connectivity index (χ1n) is 8.02. The molecular formula is C16H19N5O3. The first-order chi connectivity index (χ1) is 11.5. The Balaban J connectivity index is 1.69. The molecule has 2 aliphatic rings. The van der Waals surface area contributed by atoms with E-state index in [-0.39, 0.29) is 18.0 Å². The molecule has 0 spiro atoms. The SMILES string of the molecule is Cc1cc(C)n2nc(C)c(C(=O)N3CCN4C(=O)OC[C@H]4C3)c2n1. The number of hydrogen-bond donors (Lipinski definition) is 0. The molecule has 2 amide bonds. The average molecular weight is 329 g/mol. The van der Waals surface area contributed by atoms with Crippen molar-refractivity contribution >= 4 is 17.6 Å². The third-order valence-electron chi connectivity index (χ3n) is 4.69. The van der Waals surface area contributed by atoms with E-state index in [1.165, 1.54) is 0 Å². The van der Waals surface area contributed by atoms with Crippen molar-refractivity contribution in [2.45, 2.75) is 26.8 Å². The average Bonchev–Trinajstić information content (AvgIpc) is 3.07. The van der Waals surface area contributed by atoms with E-state index in [4.69, 9.17) is 4.74 Å². The van der Waals surface area contributed by atoms with Gasteiger partial charge in [0.2, 0.25) is 0 Å². The Morgan fingerprint density at radius 3 is 2.88 bits per heavy atom. The number of carbonyl (C=O) groups excluding carboxylic acids is 2. The summed E-state index contributed by atoms with van der Waals surface area (Å²) in [5.41, 5.74) is 3.60. The lowest BCUT2D eigenvalue weighted by Crippen LogP contribution is -2.53. The van der Waals surface area contributed by atoms with Crippen molar-refractivity contribution < 1.29 is 14.3 Å². The summed E-state index contributed by atoms with van der Waals surface area (Å²) in [6.45, 7) is 7.49.